The van der Waals surface area contributed by atoms with Gasteiger partial charge in [0.1, 0.15) is 5.25 Å². The lowest BCUT2D eigenvalue weighted by Gasteiger charge is -2.45. The van der Waals surface area contributed by atoms with E-state index in [0.717, 1.165) is 25.8 Å². The van der Waals surface area contributed by atoms with Crippen LogP contribution in [0.2, 0.25) is 0 Å². The second-order valence-electron chi connectivity index (χ2n) is 5.94. The van der Waals surface area contributed by atoms with Crippen LogP contribution in [0.15, 0.2) is 0 Å². The monoisotopic (exact) mass is 319 g/mol. The van der Waals surface area contributed by atoms with Crippen molar-refractivity contribution < 1.29 is 8.42 Å². The zero-order valence-electron chi connectivity index (χ0n) is 12.3. The van der Waals surface area contributed by atoms with E-state index < -0.39 is 15.3 Å². The molecule has 0 radical (unpaired) electrons. The summed E-state index contributed by atoms with van der Waals surface area (Å²) in [5.41, 5.74) is 5.61. The van der Waals surface area contributed by atoms with Crippen LogP contribution < -0.4 is 5.73 Å². The van der Waals surface area contributed by atoms with E-state index in [0.29, 0.717) is 31.5 Å². The van der Waals surface area contributed by atoms with Gasteiger partial charge in [-0.25, -0.2) is 12.7 Å². The first-order valence-corrected chi connectivity index (χ1v) is 9.27. The van der Waals surface area contributed by atoms with Crippen LogP contribution in [0.25, 0.3) is 0 Å². The molecule has 2 fully saturated rings. The van der Waals surface area contributed by atoms with E-state index in [1.807, 2.05) is 6.92 Å². The van der Waals surface area contributed by atoms with Crippen LogP contribution in [0.1, 0.15) is 32.6 Å². The van der Waals surface area contributed by atoms with Crippen LogP contribution in [-0.4, -0.2) is 60.6 Å². The molecule has 2 N–H and O–H groups in total. The fraction of sp³-hybridized carbons (Fsp3) is 0.923. The molecule has 2 aliphatic heterocycles. The first-order chi connectivity index (χ1) is 9.37. The predicted molar refractivity (Wildman–Crippen MR) is 85.1 cm³/mol. The smallest absolute Gasteiger partial charge is 0.223 e. The molecular weight excluding hydrogens is 294 g/mol. The molecule has 3 unspecified atom stereocenters. The Bertz CT molecular complexity index is 466. The highest BCUT2D eigenvalue weighted by Gasteiger charge is 2.41. The van der Waals surface area contributed by atoms with E-state index in [4.69, 9.17) is 18.0 Å². The van der Waals surface area contributed by atoms with Crippen molar-refractivity contribution in [2.45, 2.75) is 43.9 Å². The Morgan fingerprint density at radius 3 is 2.70 bits per heavy atom. The van der Waals surface area contributed by atoms with E-state index in [-0.39, 0.29) is 4.99 Å². The molecule has 0 spiro atoms. The number of likely N-dealkylation sites (tertiary alicyclic amines) is 1. The zero-order chi connectivity index (χ0) is 14.9. The normalized spacial score (nSPS) is 30.7. The molecule has 2 rings (SSSR count). The summed E-state index contributed by atoms with van der Waals surface area (Å²) in [7, 11) is -1.25. The molecule has 116 valence electrons. The van der Waals surface area contributed by atoms with Crippen LogP contribution in [0.5, 0.6) is 0 Å². The van der Waals surface area contributed by atoms with Gasteiger partial charge in [0.2, 0.25) is 10.0 Å². The Morgan fingerprint density at radius 1 is 1.40 bits per heavy atom. The van der Waals surface area contributed by atoms with E-state index in [9.17, 15) is 8.42 Å². The summed E-state index contributed by atoms with van der Waals surface area (Å²) >= 11 is 4.93. The Hall–Kier alpha value is -0.240. The van der Waals surface area contributed by atoms with E-state index >= 15 is 0 Å². The lowest BCUT2D eigenvalue weighted by molar-refractivity contribution is 0.0670. The summed E-state index contributed by atoms with van der Waals surface area (Å²) < 4.78 is 26.9. The van der Waals surface area contributed by atoms with Crippen LogP contribution >= 0.6 is 12.2 Å². The highest BCUT2D eigenvalue weighted by Crippen LogP contribution is 2.31. The van der Waals surface area contributed by atoms with Gasteiger partial charge in [-0.3, -0.25) is 0 Å². The summed E-state index contributed by atoms with van der Waals surface area (Å²) in [6.07, 6.45) is 3.62. The minimum absolute atomic E-state index is 0.0929. The first-order valence-electron chi connectivity index (χ1n) is 7.36. The van der Waals surface area contributed by atoms with Crippen molar-refractivity contribution in [3.63, 3.8) is 0 Å². The average molecular weight is 319 g/mol. The maximum absolute atomic E-state index is 12.7. The molecule has 0 bridgehead atoms. The molecule has 2 aliphatic rings. The molecule has 7 heteroatoms. The Balaban J connectivity index is 2.13. The highest BCUT2D eigenvalue weighted by molar-refractivity contribution is 7.92. The quantitative estimate of drug-likeness (QED) is 0.776. The van der Waals surface area contributed by atoms with Gasteiger partial charge < -0.3 is 10.6 Å². The molecule has 0 aliphatic carbocycles. The van der Waals surface area contributed by atoms with Crippen LogP contribution in [0.4, 0.5) is 0 Å². The molecule has 0 aromatic heterocycles. The van der Waals surface area contributed by atoms with E-state index in [1.165, 1.54) is 0 Å². The lowest BCUT2D eigenvalue weighted by atomic mass is 9.85. The molecule has 0 saturated carbocycles. The number of piperidine rings is 2. The zero-order valence-corrected chi connectivity index (χ0v) is 13.9. The van der Waals surface area contributed by atoms with Crippen molar-refractivity contribution in [3.8, 4) is 0 Å². The van der Waals surface area contributed by atoms with Gasteiger partial charge in [-0.2, -0.15) is 0 Å². The molecule has 0 aromatic carbocycles. The van der Waals surface area contributed by atoms with Gasteiger partial charge in [-0.15, -0.1) is 0 Å². The van der Waals surface area contributed by atoms with Gasteiger partial charge in [0.15, 0.2) is 0 Å². The first kappa shape index (κ1) is 16.1. The SMILES string of the molecule is CCC(C(N)=S)S(=O)(=O)N1CCC2C(CCCN2C)C1. The third kappa shape index (κ3) is 3.00. The Kier molecular flexibility index (Phi) is 5.05. The maximum Gasteiger partial charge on any atom is 0.223 e. The van der Waals surface area contributed by atoms with Crippen molar-refractivity contribution in [1.29, 1.82) is 0 Å². The topological polar surface area (TPSA) is 66.6 Å². The fourth-order valence-electron chi connectivity index (χ4n) is 3.59. The number of hydrogen-bond donors (Lipinski definition) is 1. The third-order valence-corrected chi connectivity index (χ3v) is 7.51. The number of rotatable bonds is 4. The Labute approximate surface area is 127 Å². The number of nitrogens with zero attached hydrogens (tertiary/aromatic N) is 2. The van der Waals surface area contributed by atoms with Crippen molar-refractivity contribution in [2.24, 2.45) is 11.7 Å². The van der Waals surface area contributed by atoms with Crippen molar-refractivity contribution in [3.05, 3.63) is 0 Å². The standard InChI is InChI=1S/C13H25N3O2S2/c1-3-12(13(14)19)20(17,18)16-8-6-11-10(9-16)5-4-7-15(11)2/h10-12H,3-9H2,1-2H3,(H2,14,19). The minimum Gasteiger partial charge on any atom is -0.392 e. The highest BCUT2D eigenvalue weighted by atomic mass is 32.2. The van der Waals surface area contributed by atoms with Gasteiger partial charge >= 0.3 is 0 Å². The molecular formula is C13H25N3O2S2. The second-order valence-corrected chi connectivity index (χ2v) is 8.53. The number of hydrogen-bond acceptors (Lipinski definition) is 4. The van der Waals surface area contributed by atoms with Crippen LogP contribution in [0, 0.1) is 5.92 Å². The summed E-state index contributed by atoms with van der Waals surface area (Å²) in [5, 5.41) is -0.713. The molecule has 2 heterocycles. The predicted octanol–water partition coefficient (Wildman–Crippen LogP) is 0.797. The summed E-state index contributed by atoms with van der Waals surface area (Å²) in [6, 6.07) is 0.528. The van der Waals surface area contributed by atoms with Crippen LogP contribution in [0.3, 0.4) is 0 Å². The number of fused-ring (bicyclic) bond motifs is 1. The van der Waals surface area contributed by atoms with E-state index in [2.05, 4.69) is 11.9 Å². The molecule has 3 atom stereocenters. The average Bonchev–Trinajstić information content (AvgIpc) is 2.38. The summed E-state index contributed by atoms with van der Waals surface area (Å²) in [6.45, 7) is 4.16. The Morgan fingerprint density at radius 2 is 2.10 bits per heavy atom. The molecule has 0 amide bonds. The van der Waals surface area contributed by atoms with Crippen LogP contribution in [-0.2, 0) is 10.0 Å². The van der Waals surface area contributed by atoms with Gasteiger partial charge in [-0.1, -0.05) is 19.1 Å². The van der Waals surface area contributed by atoms with Crippen molar-refractivity contribution >= 4 is 27.2 Å². The van der Waals surface area contributed by atoms with Gasteiger partial charge in [0.25, 0.3) is 0 Å². The van der Waals surface area contributed by atoms with Crippen molar-refractivity contribution in [2.75, 3.05) is 26.7 Å². The molecule has 0 aromatic rings. The number of thiocarbonyl (C=S) groups is 1. The minimum atomic E-state index is -3.39. The number of nitrogens with two attached hydrogens (primary N) is 1. The summed E-state index contributed by atoms with van der Waals surface area (Å²) in [5.74, 6) is 0.445. The second kappa shape index (κ2) is 6.25. The molecule has 2 saturated heterocycles. The largest absolute Gasteiger partial charge is 0.392 e. The van der Waals surface area contributed by atoms with Crippen molar-refractivity contribution in [1.82, 2.24) is 9.21 Å². The maximum atomic E-state index is 12.7. The lowest BCUT2D eigenvalue weighted by Crippen LogP contribution is -2.56. The van der Waals surface area contributed by atoms with Gasteiger partial charge in [0.05, 0.1) is 4.99 Å². The van der Waals surface area contributed by atoms with Gasteiger partial charge in [-0.05, 0) is 45.2 Å². The van der Waals surface area contributed by atoms with Gasteiger partial charge in [0, 0.05) is 19.1 Å². The summed E-state index contributed by atoms with van der Waals surface area (Å²) in [4.78, 5) is 2.47. The fourth-order valence-corrected chi connectivity index (χ4v) is 5.95. The van der Waals surface area contributed by atoms with E-state index in [1.54, 1.807) is 4.31 Å². The third-order valence-electron chi connectivity index (χ3n) is 4.72. The number of sulfonamides is 1. The molecule has 5 nitrogen and oxygen atoms in total. The molecule has 20 heavy (non-hydrogen) atoms.